The number of carbonyl (C=O) groups is 1. The van der Waals surface area contributed by atoms with E-state index in [0.29, 0.717) is 12.1 Å². The highest BCUT2D eigenvalue weighted by Crippen LogP contribution is 2.32. The molecule has 86 valence electrons. The zero-order valence-electron chi connectivity index (χ0n) is 9.73. The Hall–Kier alpha value is -0.610. The van der Waals surface area contributed by atoms with Crippen LogP contribution in [-0.2, 0) is 4.79 Å². The fourth-order valence-electron chi connectivity index (χ4n) is 2.69. The molecule has 3 heterocycles. The predicted molar refractivity (Wildman–Crippen MR) is 57.5 cm³/mol. The lowest BCUT2D eigenvalue weighted by Crippen LogP contribution is -2.69. The number of likely N-dealkylation sites (N-methyl/N-ethyl adjacent to an activating group) is 1. The van der Waals surface area contributed by atoms with E-state index in [2.05, 4.69) is 11.9 Å². The van der Waals surface area contributed by atoms with Gasteiger partial charge in [-0.2, -0.15) is 0 Å². The molecular formula is C11H20N2O2. The van der Waals surface area contributed by atoms with Gasteiger partial charge >= 0.3 is 0 Å². The molecule has 2 unspecified atom stereocenters. The van der Waals surface area contributed by atoms with Crippen LogP contribution in [0.4, 0.5) is 0 Å². The molecular weight excluding hydrogens is 192 g/mol. The molecule has 2 bridgehead atoms. The molecule has 0 aliphatic carbocycles. The lowest BCUT2D eigenvalue weighted by atomic mass is 9.86. The molecule has 2 atom stereocenters. The van der Waals surface area contributed by atoms with Crippen LogP contribution >= 0.6 is 0 Å². The first kappa shape index (κ1) is 10.9. The van der Waals surface area contributed by atoms with Crippen LogP contribution in [0.15, 0.2) is 0 Å². The average Bonchev–Trinajstić information content (AvgIpc) is 1.98. The smallest absolute Gasteiger partial charge is 0.226 e. The van der Waals surface area contributed by atoms with Crippen molar-refractivity contribution in [3.05, 3.63) is 0 Å². The van der Waals surface area contributed by atoms with Crippen molar-refractivity contribution in [2.75, 3.05) is 20.1 Å². The summed E-state index contributed by atoms with van der Waals surface area (Å²) in [5.74, 6) is 0.108. The maximum absolute atomic E-state index is 11.9. The molecule has 3 saturated heterocycles. The first-order valence-corrected chi connectivity index (χ1v) is 5.59. The molecule has 15 heavy (non-hydrogen) atoms. The maximum Gasteiger partial charge on any atom is 0.226 e. The Morgan fingerprint density at radius 3 is 2.40 bits per heavy atom. The number of carbonyl (C=O) groups excluding carboxylic acids is 1. The molecule has 1 amide bonds. The van der Waals surface area contributed by atoms with Crippen LogP contribution in [-0.4, -0.2) is 58.6 Å². The number of amides is 1. The van der Waals surface area contributed by atoms with Gasteiger partial charge in [-0.1, -0.05) is 0 Å². The van der Waals surface area contributed by atoms with Gasteiger partial charge < -0.3 is 14.9 Å². The Kier molecular flexibility index (Phi) is 2.51. The minimum absolute atomic E-state index is 0.108. The lowest BCUT2D eigenvalue weighted by Gasteiger charge is -2.56. The summed E-state index contributed by atoms with van der Waals surface area (Å²) < 4.78 is 0. The number of nitrogens with zero attached hydrogens (tertiary/aromatic N) is 2. The Bertz CT molecular complexity index is 260. The van der Waals surface area contributed by atoms with Crippen LogP contribution in [0.2, 0.25) is 0 Å². The second kappa shape index (κ2) is 3.46. The number of piperazine rings is 1. The molecule has 0 spiro atoms. The van der Waals surface area contributed by atoms with E-state index >= 15 is 0 Å². The van der Waals surface area contributed by atoms with Gasteiger partial charge in [-0.3, -0.25) is 4.79 Å². The summed E-state index contributed by atoms with van der Waals surface area (Å²) in [6.07, 6.45) is 1.38. The summed E-state index contributed by atoms with van der Waals surface area (Å²) in [6.45, 7) is 5.33. The minimum Gasteiger partial charge on any atom is -0.390 e. The number of piperidine rings is 1. The van der Waals surface area contributed by atoms with Crippen LogP contribution in [0.25, 0.3) is 0 Å². The zero-order chi connectivity index (χ0) is 11.2. The van der Waals surface area contributed by atoms with E-state index in [-0.39, 0.29) is 12.3 Å². The van der Waals surface area contributed by atoms with Gasteiger partial charge in [0.2, 0.25) is 5.91 Å². The van der Waals surface area contributed by atoms with Gasteiger partial charge in [0.05, 0.1) is 12.0 Å². The topological polar surface area (TPSA) is 43.8 Å². The Morgan fingerprint density at radius 2 is 1.93 bits per heavy atom. The van der Waals surface area contributed by atoms with Gasteiger partial charge in [-0.25, -0.2) is 0 Å². The summed E-state index contributed by atoms with van der Waals surface area (Å²) in [6, 6.07) is 0.784. The molecule has 0 aromatic heterocycles. The van der Waals surface area contributed by atoms with E-state index < -0.39 is 5.60 Å². The van der Waals surface area contributed by atoms with Crippen molar-refractivity contribution in [2.45, 2.75) is 44.4 Å². The van der Waals surface area contributed by atoms with Crippen molar-refractivity contribution < 1.29 is 9.90 Å². The molecule has 0 aromatic rings. The Balaban J connectivity index is 1.94. The highest BCUT2D eigenvalue weighted by Gasteiger charge is 2.46. The standard InChI is InChI=1S/C11H20N2O2/c1-11(2,15)5-10(14)13-8-4-9(13)7-12(3)6-8/h8-9,15H,4-7H2,1-3H3. The van der Waals surface area contributed by atoms with Gasteiger partial charge in [-0.05, 0) is 27.3 Å². The van der Waals surface area contributed by atoms with E-state index in [9.17, 15) is 9.90 Å². The third kappa shape index (κ3) is 2.16. The summed E-state index contributed by atoms with van der Waals surface area (Å²) in [5, 5.41) is 9.61. The number of aliphatic hydroxyl groups is 1. The van der Waals surface area contributed by atoms with Crippen LogP contribution < -0.4 is 0 Å². The molecule has 3 aliphatic rings. The first-order valence-electron chi connectivity index (χ1n) is 5.59. The van der Waals surface area contributed by atoms with E-state index in [4.69, 9.17) is 0 Å². The lowest BCUT2D eigenvalue weighted by molar-refractivity contribution is -0.156. The average molecular weight is 212 g/mol. The minimum atomic E-state index is -0.882. The second-order valence-corrected chi connectivity index (χ2v) is 5.55. The van der Waals surface area contributed by atoms with Crippen LogP contribution in [0.3, 0.4) is 0 Å². The van der Waals surface area contributed by atoms with Crippen LogP contribution in [0.1, 0.15) is 26.7 Å². The Morgan fingerprint density at radius 1 is 1.40 bits per heavy atom. The summed E-state index contributed by atoms with van der Waals surface area (Å²) in [4.78, 5) is 16.1. The van der Waals surface area contributed by atoms with Crippen molar-refractivity contribution in [3.8, 4) is 0 Å². The molecule has 4 heteroatoms. The normalized spacial score (nSPS) is 31.3. The monoisotopic (exact) mass is 212 g/mol. The number of hydrogen-bond donors (Lipinski definition) is 1. The largest absolute Gasteiger partial charge is 0.390 e. The summed E-state index contributed by atoms with van der Waals surface area (Å²) in [5.41, 5.74) is -0.882. The van der Waals surface area contributed by atoms with Crippen molar-refractivity contribution in [1.82, 2.24) is 9.80 Å². The quantitative estimate of drug-likeness (QED) is 0.704. The zero-order valence-corrected chi connectivity index (χ0v) is 9.73. The fraction of sp³-hybridized carbons (Fsp3) is 0.909. The number of fused-ring (bicyclic) bond motifs is 2. The van der Waals surface area contributed by atoms with E-state index in [0.717, 1.165) is 19.5 Å². The third-order valence-electron chi connectivity index (χ3n) is 3.25. The van der Waals surface area contributed by atoms with Gasteiger partial charge in [0, 0.05) is 25.2 Å². The van der Waals surface area contributed by atoms with Crippen LogP contribution in [0.5, 0.6) is 0 Å². The van der Waals surface area contributed by atoms with Crippen molar-refractivity contribution in [2.24, 2.45) is 0 Å². The summed E-state index contributed by atoms with van der Waals surface area (Å²) >= 11 is 0. The highest BCUT2D eigenvalue weighted by atomic mass is 16.3. The third-order valence-corrected chi connectivity index (χ3v) is 3.25. The maximum atomic E-state index is 11.9. The molecule has 0 saturated carbocycles. The SMILES string of the molecule is CN1CC2CC(C1)N2C(=O)CC(C)(C)O. The molecule has 0 radical (unpaired) electrons. The first-order chi connectivity index (χ1) is 6.87. The van der Waals surface area contributed by atoms with Gasteiger partial charge in [0.15, 0.2) is 0 Å². The molecule has 0 aromatic carbocycles. The Labute approximate surface area is 90.9 Å². The van der Waals surface area contributed by atoms with Crippen molar-refractivity contribution >= 4 is 5.91 Å². The highest BCUT2D eigenvalue weighted by molar-refractivity contribution is 5.79. The van der Waals surface area contributed by atoms with E-state index in [1.807, 2.05) is 4.90 Å². The van der Waals surface area contributed by atoms with Crippen molar-refractivity contribution in [3.63, 3.8) is 0 Å². The fourth-order valence-corrected chi connectivity index (χ4v) is 2.69. The molecule has 4 nitrogen and oxygen atoms in total. The van der Waals surface area contributed by atoms with Crippen LogP contribution in [0, 0.1) is 0 Å². The second-order valence-electron chi connectivity index (χ2n) is 5.55. The number of rotatable bonds is 2. The van der Waals surface area contributed by atoms with E-state index in [1.54, 1.807) is 13.8 Å². The number of hydrogen-bond acceptors (Lipinski definition) is 3. The molecule has 3 aliphatic heterocycles. The van der Waals surface area contributed by atoms with Gasteiger partial charge in [-0.15, -0.1) is 0 Å². The molecule has 3 rings (SSSR count). The summed E-state index contributed by atoms with van der Waals surface area (Å²) in [7, 11) is 2.09. The molecule has 3 fully saturated rings. The molecule has 1 N–H and O–H groups in total. The van der Waals surface area contributed by atoms with Gasteiger partial charge in [0.25, 0.3) is 0 Å². The van der Waals surface area contributed by atoms with Crippen molar-refractivity contribution in [1.29, 1.82) is 0 Å². The van der Waals surface area contributed by atoms with E-state index in [1.165, 1.54) is 0 Å². The predicted octanol–water partition coefficient (Wildman–Crippen LogP) is 0.0623. The van der Waals surface area contributed by atoms with Gasteiger partial charge in [0.1, 0.15) is 0 Å².